The molecule has 5 heteroatoms. The number of carbonyl (C=O) groups excluding carboxylic acids is 1. The predicted molar refractivity (Wildman–Crippen MR) is 59.1 cm³/mol. The lowest BCUT2D eigenvalue weighted by Crippen LogP contribution is -2.53. The van der Waals surface area contributed by atoms with Gasteiger partial charge in [-0.25, -0.2) is 0 Å². The van der Waals surface area contributed by atoms with Crippen molar-refractivity contribution in [2.45, 2.75) is 39.0 Å². The monoisotopic (exact) mass is 231 g/mol. The molecule has 0 bridgehead atoms. The van der Waals surface area contributed by atoms with E-state index in [4.69, 9.17) is 14.6 Å². The van der Waals surface area contributed by atoms with Crippen LogP contribution in [0.4, 0.5) is 0 Å². The van der Waals surface area contributed by atoms with Crippen LogP contribution in [0.25, 0.3) is 0 Å². The van der Waals surface area contributed by atoms with Gasteiger partial charge in [-0.15, -0.1) is 0 Å². The van der Waals surface area contributed by atoms with Gasteiger partial charge in [-0.1, -0.05) is 0 Å². The van der Waals surface area contributed by atoms with Gasteiger partial charge in [-0.05, 0) is 20.8 Å². The average molecular weight is 231 g/mol. The highest BCUT2D eigenvalue weighted by atomic mass is 16.5. The second-order valence-electron chi connectivity index (χ2n) is 4.39. The van der Waals surface area contributed by atoms with Crippen LogP contribution in [0.2, 0.25) is 0 Å². The van der Waals surface area contributed by atoms with E-state index in [-0.39, 0.29) is 37.4 Å². The lowest BCUT2D eigenvalue weighted by molar-refractivity contribution is -0.152. The van der Waals surface area contributed by atoms with Crippen LogP contribution in [-0.2, 0) is 14.3 Å². The van der Waals surface area contributed by atoms with Crippen molar-refractivity contribution in [2.24, 2.45) is 0 Å². The first-order valence-corrected chi connectivity index (χ1v) is 5.68. The molecule has 1 aliphatic heterocycles. The number of amides is 1. The predicted octanol–water partition coefficient (Wildman–Crippen LogP) is 0.0196. The molecule has 1 fully saturated rings. The fourth-order valence-corrected chi connectivity index (χ4v) is 1.60. The Bertz CT molecular complexity index is 232. The number of hydrogen-bond donors (Lipinski definition) is 1. The molecule has 1 heterocycles. The number of carbonyl (C=O) groups is 1. The van der Waals surface area contributed by atoms with Crippen LogP contribution in [0, 0.1) is 0 Å². The maximum absolute atomic E-state index is 11.8. The van der Waals surface area contributed by atoms with Gasteiger partial charge in [0.15, 0.2) is 0 Å². The van der Waals surface area contributed by atoms with Gasteiger partial charge < -0.3 is 19.5 Å². The normalized spacial score (nSPS) is 26.2. The zero-order valence-corrected chi connectivity index (χ0v) is 10.2. The van der Waals surface area contributed by atoms with E-state index in [0.717, 1.165) is 0 Å². The summed E-state index contributed by atoms with van der Waals surface area (Å²) in [7, 11) is 0. The maximum Gasteiger partial charge on any atom is 0.248 e. The van der Waals surface area contributed by atoms with Crippen molar-refractivity contribution in [3.63, 3.8) is 0 Å². The van der Waals surface area contributed by atoms with Gasteiger partial charge in [0.05, 0.1) is 31.5 Å². The number of morpholine rings is 1. The fourth-order valence-electron chi connectivity index (χ4n) is 1.60. The molecular formula is C11H21NO4. The minimum absolute atomic E-state index is 0.0389. The van der Waals surface area contributed by atoms with E-state index in [9.17, 15) is 4.79 Å². The molecule has 2 unspecified atom stereocenters. The summed E-state index contributed by atoms with van der Waals surface area (Å²) in [5, 5.41) is 9.00. The van der Waals surface area contributed by atoms with Gasteiger partial charge in [0.2, 0.25) is 5.91 Å². The Morgan fingerprint density at radius 2 is 2.31 bits per heavy atom. The lowest BCUT2D eigenvalue weighted by Gasteiger charge is -2.37. The molecule has 2 atom stereocenters. The molecule has 0 spiro atoms. The van der Waals surface area contributed by atoms with Crippen LogP contribution >= 0.6 is 0 Å². The van der Waals surface area contributed by atoms with Crippen LogP contribution in [0.5, 0.6) is 0 Å². The first-order chi connectivity index (χ1) is 7.54. The number of hydrogen-bond acceptors (Lipinski definition) is 4. The second-order valence-corrected chi connectivity index (χ2v) is 4.39. The number of aliphatic hydroxyl groups excluding tert-OH is 1. The zero-order chi connectivity index (χ0) is 12.1. The Kier molecular flexibility index (Phi) is 5.18. The SMILES string of the molecule is CC(C)OCC(=O)N1CC(CO)OCC1C. The summed E-state index contributed by atoms with van der Waals surface area (Å²) < 4.78 is 10.6. The van der Waals surface area contributed by atoms with Crippen LogP contribution in [0.15, 0.2) is 0 Å². The van der Waals surface area contributed by atoms with Crippen molar-refractivity contribution in [1.29, 1.82) is 0 Å². The zero-order valence-electron chi connectivity index (χ0n) is 10.2. The van der Waals surface area contributed by atoms with Gasteiger partial charge in [0.25, 0.3) is 0 Å². The Morgan fingerprint density at radius 1 is 1.62 bits per heavy atom. The second kappa shape index (κ2) is 6.18. The third kappa shape index (κ3) is 3.73. The first-order valence-electron chi connectivity index (χ1n) is 5.68. The summed E-state index contributed by atoms with van der Waals surface area (Å²) in [5.41, 5.74) is 0. The molecule has 1 rings (SSSR count). The minimum Gasteiger partial charge on any atom is -0.394 e. The Morgan fingerprint density at radius 3 is 2.88 bits per heavy atom. The van der Waals surface area contributed by atoms with Crippen molar-refractivity contribution in [1.82, 2.24) is 4.90 Å². The van der Waals surface area contributed by atoms with E-state index in [2.05, 4.69) is 0 Å². The molecular weight excluding hydrogens is 210 g/mol. The van der Waals surface area contributed by atoms with Crippen LogP contribution in [0.1, 0.15) is 20.8 Å². The maximum atomic E-state index is 11.8. The lowest BCUT2D eigenvalue weighted by atomic mass is 10.2. The largest absolute Gasteiger partial charge is 0.394 e. The summed E-state index contributed by atoms with van der Waals surface area (Å²) in [6, 6.07) is 0.0473. The molecule has 16 heavy (non-hydrogen) atoms. The summed E-state index contributed by atoms with van der Waals surface area (Å²) >= 11 is 0. The van der Waals surface area contributed by atoms with E-state index in [1.807, 2.05) is 20.8 Å². The molecule has 0 aromatic carbocycles. The Labute approximate surface area is 96.3 Å². The summed E-state index contributed by atoms with van der Waals surface area (Å²) in [5.74, 6) is -0.0389. The molecule has 0 radical (unpaired) electrons. The minimum atomic E-state index is -0.265. The fraction of sp³-hybridized carbons (Fsp3) is 0.909. The van der Waals surface area contributed by atoms with Gasteiger partial charge in [0.1, 0.15) is 6.61 Å². The highest BCUT2D eigenvalue weighted by molar-refractivity contribution is 5.77. The van der Waals surface area contributed by atoms with E-state index in [0.29, 0.717) is 13.2 Å². The van der Waals surface area contributed by atoms with Crippen LogP contribution in [-0.4, -0.2) is 60.5 Å². The van der Waals surface area contributed by atoms with Crippen LogP contribution < -0.4 is 0 Å². The first kappa shape index (κ1) is 13.4. The summed E-state index contributed by atoms with van der Waals surface area (Å²) in [6.07, 6.45) is -0.215. The summed E-state index contributed by atoms with van der Waals surface area (Å²) in [6.45, 7) is 6.68. The van der Waals surface area contributed by atoms with Gasteiger partial charge in [0, 0.05) is 6.54 Å². The molecule has 0 aliphatic carbocycles. The Hall–Kier alpha value is -0.650. The number of aliphatic hydroxyl groups is 1. The van der Waals surface area contributed by atoms with Crippen molar-refractivity contribution in [3.05, 3.63) is 0 Å². The standard InChI is InChI=1S/C11H21NO4/c1-8(2)15-7-11(14)12-4-10(5-13)16-6-9(12)3/h8-10,13H,4-7H2,1-3H3. The van der Waals surface area contributed by atoms with Gasteiger partial charge >= 0.3 is 0 Å². The van der Waals surface area contributed by atoms with E-state index >= 15 is 0 Å². The van der Waals surface area contributed by atoms with E-state index < -0.39 is 0 Å². The molecule has 0 aromatic heterocycles. The molecule has 5 nitrogen and oxygen atoms in total. The van der Waals surface area contributed by atoms with Crippen molar-refractivity contribution < 1.29 is 19.4 Å². The topological polar surface area (TPSA) is 59.0 Å². The molecule has 1 amide bonds. The quantitative estimate of drug-likeness (QED) is 0.741. The van der Waals surface area contributed by atoms with Crippen molar-refractivity contribution in [2.75, 3.05) is 26.4 Å². The molecule has 1 aliphatic rings. The smallest absolute Gasteiger partial charge is 0.248 e. The average Bonchev–Trinajstić information content (AvgIpc) is 2.26. The van der Waals surface area contributed by atoms with Crippen molar-refractivity contribution in [3.8, 4) is 0 Å². The van der Waals surface area contributed by atoms with Gasteiger partial charge in [-0.2, -0.15) is 0 Å². The van der Waals surface area contributed by atoms with E-state index in [1.54, 1.807) is 4.90 Å². The molecule has 0 aromatic rings. The highest BCUT2D eigenvalue weighted by Crippen LogP contribution is 2.11. The molecule has 0 saturated carbocycles. The third-order valence-electron chi connectivity index (χ3n) is 2.57. The van der Waals surface area contributed by atoms with Crippen molar-refractivity contribution >= 4 is 5.91 Å². The highest BCUT2D eigenvalue weighted by Gasteiger charge is 2.29. The Balaban J connectivity index is 2.45. The van der Waals surface area contributed by atoms with Gasteiger partial charge in [-0.3, -0.25) is 4.79 Å². The third-order valence-corrected chi connectivity index (χ3v) is 2.57. The number of nitrogens with zero attached hydrogens (tertiary/aromatic N) is 1. The number of rotatable bonds is 4. The molecule has 94 valence electrons. The summed E-state index contributed by atoms with van der Waals surface area (Å²) in [4.78, 5) is 13.6. The van der Waals surface area contributed by atoms with Crippen LogP contribution in [0.3, 0.4) is 0 Å². The van der Waals surface area contributed by atoms with E-state index in [1.165, 1.54) is 0 Å². The number of ether oxygens (including phenoxy) is 2. The molecule has 1 saturated heterocycles. The molecule has 1 N–H and O–H groups in total.